The van der Waals surface area contributed by atoms with Gasteiger partial charge in [0.05, 0.1) is 11.3 Å². The number of aromatic nitrogens is 3. The van der Waals surface area contributed by atoms with Crippen LogP contribution in [0.4, 0.5) is 5.69 Å². The van der Waals surface area contributed by atoms with E-state index in [9.17, 15) is 9.59 Å². The van der Waals surface area contributed by atoms with Crippen LogP contribution in [0.15, 0.2) is 36.9 Å². The Labute approximate surface area is 155 Å². The van der Waals surface area contributed by atoms with E-state index < -0.39 is 11.8 Å². The lowest BCUT2D eigenvalue weighted by Gasteiger charge is -2.04. The molecule has 3 aromatic rings. The summed E-state index contributed by atoms with van der Waals surface area (Å²) in [5.41, 5.74) is 6.44. The predicted octanol–water partition coefficient (Wildman–Crippen LogP) is 2.30. The number of nitrogens with two attached hydrogens (primary N) is 1. The molecule has 0 unspecified atom stereocenters. The number of nitrogens with zero attached hydrogens (tertiary/aromatic N) is 3. The Morgan fingerprint density at radius 2 is 1.77 bits per heavy atom. The number of hydrogen-bond donors (Lipinski definition) is 3. The van der Waals surface area contributed by atoms with E-state index in [0.29, 0.717) is 15.9 Å². The molecule has 26 heavy (non-hydrogen) atoms. The van der Waals surface area contributed by atoms with E-state index in [4.69, 9.17) is 5.73 Å². The maximum atomic E-state index is 12.2. The van der Waals surface area contributed by atoms with Crippen molar-refractivity contribution < 1.29 is 9.59 Å². The van der Waals surface area contributed by atoms with E-state index in [1.807, 2.05) is 27.9 Å². The number of anilines is 1. The molecule has 2 amide bonds. The second kappa shape index (κ2) is 10.9. The second-order valence-electron chi connectivity index (χ2n) is 4.58. The SMILES string of the molecule is CC.CNC.NC(=O)c1sc2nccnc2c1NC(=O)c1cccnc1. The Morgan fingerprint density at radius 1 is 1.12 bits per heavy atom. The molecule has 0 aromatic carbocycles. The summed E-state index contributed by atoms with van der Waals surface area (Å²) in [4.78, 5) is 36.6. The van der Waals surface area contributed by atoms with Gasteiger partial charge in [-0.05, 0) is 26.2 Å². The minimum Gasteiger partial charge on any atom is -0.365 e. The number of fused-ring (bicyclic) bond motifs is 1. The molecule has 4 N–H and O–H groups in total. The van der Waals surface area contributed by atoms with Crippen LogP contribution in [-0.2, 0) is 0 Å². The van der Waals surface area contributed by atoms with Crippen LogP contribution in [0.3, 0.4) is 0 Å². The van der Waals surface area contributed by atoms with E-state index in [2.05, 4.69) is 25.6 Å². The van der Waals surface area contributed by atoms with Crippen LogP contribution in [0.2, 0.25) is 0 Å². The van der Waals surface area contributed by atoms with Crippen LogP contribution in [0, 0.1) is 0 Å². The van der Waals surface area contributed by atoms with Gasteiger partial charge in [0.15, 0.2) is 0 Å². The topological polar surface area (TPSA) is 123 Å². The Bertz CT molecular complexity index is 851. The molecule has 0 spiro atoms. The zero-order chi connectivity index (χ0) is 19.5. The Kier molecular flexibility index (Phi) is 8.82. The molecular weight excluding hydrogens is 352 g/mol. The summed E-state index contributed by atoms with van der Waals surface area (Å²) in [7, 11) is 3.75. The van der Waals surface area contributed by atoms with E-state index in [0.717, 1.165) is 11.3 Å². The quantitative estimate of drug-likeness (QED) is 0.646. The van der Waals surface area contributed by atoms with Crippen LogP contribution >= 0.6 is 11.3 Å². The fraction of sp³-hybridized carbons (Fsp3) is 0.235. The number of amides is 2. The molecule has 3 aromatic heterocycles. The van der Waals surface area contributed by atoms with Gasteiger partial charge in [-0.15, -0.1) is 11.3 Å². The van der Waals surface area contributed by atoms with Gasteiger partial charge in [0.1, 0.15) is 15.2 Å². The van der Waals surface area contributed by atoms with Crippen molar-refractivity contribution in [3.05, 3.63) is 47.4 Å². The third-order valence-corrected chi connectivity index (χ3v) is 3.81. The molecule has 0 aliphatic rings. The van der Waals surface area contributed by atoms with Crippen LogP contribution in [0.5, 0.6) is 0 Å². The summed E-state index contributed by atoms with van der Waals surface area (Å²) >= 11 is 1.09. The Morgan fingerprint density at radius 3 is 2.35 bits per heavy atom. The van der Waals surface area contributed by atoms with Crippen molar-refractivity contribution in [2.75, 3.05) is 19.4 Å². The Hall–Kier alpha value is -2.91. The molecule has 138 valence electrons. The number of hydrogen-bond acceptors (Lipinski definition) is 7. The summed E-state index contributed by atoms with van der Waals surface area (Å²) in [5.74, 6) is -1.03. The van der Waals surface area contributed by atoms with Crippen molar-refractivity contribution in [3.63, 3.8) is 0 Å². The van der Waals surface area contributed by atoms with E-state index in [1.165, 1.54) is 18.6 Å². The summed E-state index contributed by atoms with van der Waals surface area (Å²) in [6, 6.07) is 3.27. The van der Waals surface area contributed by atoms with Gasteiger partial charge in [0, 0.05) is 24.8 Å². The van der Waals surface area contributed by atoms with Crippen LogP contribution in [-0.4, -0.2) is 40.9 Å². The fourth-order valence-corrected chi connectivity index (χ4v) is 2.71. The average molecular weight is 374 g/mol. The first-order valence-corrected chi connectivity index (χ1v) is 8.73. The van der Waals surface area contributed by atoms with Gasteiger partial charge >= 0.3 is 0 Å². The molecule has 0 atom stereocenters. The zero-order valence-corrected chi connectivity index (χ0v) is 15.9. The number of thiophene rings is 1. The molecule has 0 radical (unpaired) electrons. The smallest absolute Gasteiger partial charge is 0.261 e. The number of carbonyl (C=O) groups is 2. The minimum atomic E-state index is -0.638. The first kappa shape index (κ1) is 21.1. The van der Waals surface area contributed by atoms with Crippen molar-refractivity contribution in [3.8, 4) is 0 Å². The number of pyridine rings is 1. The molecule has 9 heteroatoms. The lowest BCUT2D eigenvalue weighted by molar-refractivity contribution is 0.100. The highest BCUT2D eigenvalue weighted by Crippen LogP contribution is 2.32. The molecular formula is C17H22N6O2S. The van der Waals surface area contributed by atoms with Crippen molar-refractivity contribution in [1.82, 2.24) is 20.3 Å². The van der Waals surface area contributed by atoms with Gasteiger partial charge in [-0.3, -0.25) is 14.6 Å². The maximum Gasteiger partial charge on any atom is 0.261 e. The molecule has 0 saturated heterocycles. The van der Waals surface area contributed by atoms with Crippen LogP contribution < -0.4 is 16.4 Å². The average Bonchev–Trinajstić information content (AvgIpc) is 3.04. The third-order valence-electron chi connectivity index (χ3n) is 2.71. The first-order valence-electron chi connectivity index (χ1n) is 7.91. The van der Waals surface area contributed by atoms with Gasteiger partial charge in [-0.2, -0.15) is 0 Å². The van der Waals surface area contributed by atoms with Crippen LogP contribution in [0.1, 0.15) is 33.9 Å². The van der Waals surface area contributed by atoms with Gasteiger partial charge in [0.25, 0.3) is 11.8 Å². The van der Waals surface area contributed by atoms with E-state index >= 15 is 0 Å². The number of nitrogens with one attached hydrogen (secondary N) is 2. The van der Waals surface area contributed by atoms with Crippen LogP contribution in [0.25, 0.3) is 10.3 Å². The van der Waals surface area contributed by atoms with E-state index in [1.54, 1.807) is 18.3 Å². The highest BCUT2D eigenvalue weighted by atomic mass is 32.1. The van der Waals surface area contributed by atoms with Gasteiger partial charge in [-0.1, -0.05) is 13.8 Å². The highest BCUT2D eigenvalue weighted by Gasteiger charge is 2.20. The standard InChI is InChI=1S/C13H9N5O2S.C2H7N.C2H6/c14-11(19)10-8(9-13(21-10)17-5-4-16-9)18-12(20)7-2-1-3-15-6-7;1-3-2;1-2/h1-6H,(H2,14,19)(H,18,20);3H,1-2H3;1-2H3. The monoisotopic (exact) mass is 374 g/mol. The second-order valence-corrected chi connectivity index (χ2v) is 5.58. The number of carbonyl (C=O) groups excluding carboxylic acids is 2. The molecule has 0 aliphatic carbocycles. The fourth-order valence-electron chi connectivity index (χ4n) is 1.80. The summed E-state index contributed by atoms with van der Waals surface area (Å²) in [6.07, 6.45) is 5.99. The van der Waals surface area contributed by atoms with E-state index in [-0.39, 0.29) is 10.6 Å². The number of primary amides is 1. The van der Waals surface area contributed by atoms with Gasteiger partial charge in [-0.25, -0.2) is 9.97 Å². The largest absolute Gasteiger partial charge is 0.365 e. The van der Waals surface area contributed by atoms with Crippen molar-refractivity contribution in [2.24, 2.45) is 5.73 Å². The molecule has 0 aliphatic heterocycles. The van der Waals surface area contributed by atoms with Gasteiger partial charge < -0.3 is 16.4 Å². The molecule has 0 saturated carbocycles. The molecule has 0 bridgehead atoms. The third kappa shape index (κ3) is 5.30. The lowest BCUT2D eigenvalue weighted by atomic mass is 10.2. The number of rotatable bonds is 3. The lowest BCUT2D eigenvalue weighted by Crippen LogP contribution is -2.16. The van der Waals surface area contributed by atoms with Crippen molar-refractivity contribution in [2.45, 2.75) is 13.8 Å². The molecule has 0 fully saturated rings. The van der Waals surface area contributed by atoms with Crippen molar-refractivity contribution in [1.29, 1.82) is 0 Å². The van der Waals surface area contributed by atoms with Crippen molar-refractivity contribution >= 4 is 39.2 Å². The highest BCUT2D eigenvalue weighted by molar-refractivity contribution is 7.21. The normalized spacial score (nSPS) is 9.38. The predicted molar refractivity (Wildman–Crippen MR) is 104 cm³/mol. The maximum absolute atomic E-state index is 12.2. The summed E-state index contributed by atoms with van der Waals surface area (Å²) in [6.45, 7) is 4.00. The summed E-state index contributed by atoms with van der Waals surface area (Å²) in [5, 5.41) is 5.41. The first-order chi connectivity index (χ1) is 12.6. The van der Waals surface area contributed by atoms with Gasteiger partial charge in [0.2, 0.25) is 0 Å². The summed E-state index contributed by atoms with van der Waals surface area (Å²) < 4.78 is 0. The zero-order valence-electron chi connectivity index (χ0n) is 15.1. The molecule has 8 nitrogen and oxygen atoms in total. The molecule has 3 rings (SSSR count). The Balaban J connectivity index is 0.000000615. The minimum absolute atomic E-state index is 0.216. The molecule has 3 heterocycles.